The molecule has 5 nitrogen and oxygen atoms in total. The molecular weight excluding hydrogens is 240 g/mol. The number of amides is 1. The van der Waals surface area contributed by atoms with Gasteiger partial charge in [0.2, 0.25) is 5.91 Å². The van der Waals surface area contributed by atoms with Crippen molar-refractivity contribution in [2.75, 3.05) is 13.1 Å². The van der Waals surface area contributed by atoms with Gasteiger partial charge in [-0.3, -0.25) is 9.48 Å². The minimum absolute atomic E-state index is 0.131. The molecule has 1 N–H and O–H groups in total. The summed E-state index contributed by atoms with van der Waals surface area (Å²) in [5.41, 5.74) is 2.12. The van der Waals surface area contributed by atoms with Gasteiger partial charge in [0, 0.05) is 26.7 Å². The highest BCUT2D eigenvalue weighted by atomic mass is 16.2. The Hall–Kier alpha value is -1.36. The molecule has 5 heteroatoms. The van der Waals surface area contributed by atoms with Gasteiger partial charge in [-0.1, -0.05) is 0 Å². The molecule has 1 aromatic heterocycles. The smallest absolute Gasteiger partial charge is 0.239 e. The summed E-state index contributed by atoms with van der Waals surface area (Å²) in [5, 5.41) is 7.60. The Balaban J connectivity index is 1.84. The summed E-state index contributed by atoms with van der Waals surface area (Å²) in [5.74, 6) is 0.221. The minimum atomic E-state index is -0.131. The van der Waals surface area contributed by atoms with E-state index in [-0.39, 0.29) is 11.9 Å². The third-order valence-corrected chi connectivity index (χ3v) is 3.73. The molecule has 19 heavy (non-hydrogen) atoms. The number of likely N-dealkylation sites (tertiary alicyclic amines) is 1. The second-order valence-electron chi connectivity index (χ2n) is 5.39. The number of hydrogen-bond acceptors (Lipinski definition) is 3. The Labute approximate surface area is 115 Å². The highest BCUT2D eigenvalue weighted by Crippen LogP contribution is 2.10. The maximum atomic E-state index is 12.3. The fourth-order valence-electron chi connectivity index (χ4n) is 2.56. The predicted octanol–water partition coefficient (Wildman–Crippen LogP) is 1.22. The molecule has 1 amide bonds. The van der Waals surface area contributed by atoms with Gasteiger partial charge in [0.1, 0.15) is 0 Å². The molecule has 0 radical (unpaired) electrons. The van der Waals surface area contributed by atoms with Crippen LogP contribution in [0, 0.1) is 6.92 Å². The second-order valence-corrected chi connectivity index (χ2v) is 5.39. The lowest BCUT2D eigenvalue weighted by Crippen LogP contribution is -2.46. The van der Waals surface area contributed by atoms with E-state index in [2.05, 4.69) is 10.4 Å². The quantitative estimate of drug-likeness (QED) is 0.889. The third kappa shape index (κ3) is 3.56. The number of carbonyl (C=O) groups is 1. The van der Waals surface area contributed by atoms with Crippen LogP contribution in [0.5, 0.6) is 0 Å². The molecule has 1 saturated heterocycles. The van der Waals surface area contributed by atoms with Crippen molar-refractivity contribution in [3.05, 3.63) is 17.5 Å². The normalized spacial score (nSPS) is 17.5. The summed E-state index contributed by atoms with van der Waals surface area (Å²) < 4.78 is 1.86. The molecule has 1 aliphatic heterocycles. The van der Waals surface area contributed by atoms with Crippen LogP contribution in [-0.4, -0.2) is 39.7 Å². The number of aromatic nitrogens is 2. The molecular formula is C14H24N4O. The van der Waals surface area contributed by atoms with Gasteiger partial charge >= 0.3 is 0 Å². The van der Waals surface area contributed by atoms with Gasteiger partial charge in [0.05, 0.1) is 17.4 Å². The van der Waals surface area contributed by atoms with Gasteiger partial charge in [-0.05, 0) is 39.2 Å². The molecule has 0 aliphatic carbocycles. The molecule has 0 saturated carbocycles. The van der Waals surface area contributed by atoms with Gasteiger partial charge in [0.25, 0.3) is 0 Å². The molecule has 2 heterocycles. The van der Waals surface area contributed by atoms with Gasteiger partial charge in [-0.15, -0.1) is 0 Å². The number of rotatable bonds is 4. The van der Waals surface area contributed by atoms with Crippen molar-refractivity contribution in [1.29, 1.82) is 0 Å². The lowest BCUT2D eigenvalue weighted by Gasteiger charge is -2.29. The summed E-state index contributed by atoms with van der Waals surface area (Å²) >= 11 is 0. The highest BCUT2D eigenvalue weighted by Gasteiger charge is 2.21. The number of carbonyl (C=O) groups excluding carboxylic acids is 1. The van der Waals surface area contributed by atoms with Gasteiger partial charge < -0.3 is 10.2 Å². The molecule has 2 rings (SSSR count). The zero-order valence-corrected chi connectivity index (χ0v) is 12.1. The lowest BCUT2D eigenvalue weighted by molar-refractivity contribution is -0.133. The SMILES string of the molecule is Cc1cc(CNC(C)C(=O)N2CCCCC2)n(C)n1. The molecule has 0 aromatic carbocycles. The first kappa shape index (κ1) is 14.1. The van der Waals surface area contributed by atoms with Crippen molar-refractivity contribution < 1.29 is 4.79 Å². The van der Waals surface area contributed by atoms with E-state index in [1.54, 1.807) is 0 Å². The van der Waals surface area contributed by atoms with Crippen molar-refractivity contribution in [2.45, 2.75) is 45.7 Å². The Bertz CT molecular complexity index is 435. The molecule has 1 fully saturated rings. The van der Waals surface area contributed by atoms with Gasteiger partial charge in [-0.25, -0.2) is 0 Å². The van der Waals surface area contributed by atoms with Crippen LogP contribution >= 0.6 is 0 Å². The summed E-state index contributed by atoms with van der Waals surface area (Å²) in [6.07, 6.45) is 3.53. The maximum absolute atomic E-state index is 12.3. The molecule has 1 aliphatic rings. The van der Waals surface area contributed by atoms with E-state index >= 15 is 0 Å². The minimum Gasteiger partial charge on any atom is -0.341 e. The summed E-state index contributed by atoms with van der Waals surface area (Å²) in [6, 6.07) is 1.92. The molecule has 1 aromatic rings. The van der Waals surface area contributed by atoms with Gasteiger partial charge in [-0.2, -0.15) is 5.10 Å². The van der Waals surface area contributed by atoms with Crippen LogP contribution in [0.15, 0.2) is 6.07 Å². The average molecular weight is 264 g/mol. The Kier molecular flexibility index (Phi) is 4.58. The zero-order valence-electron chi connectivity index (χ0n) is 12.1. The first-order valence-electron chi connectivity index (χ1n) is 7.09. The Morgan fingerprint density at radius 3 is 2.68 bits per heavy atom. The maximum Gasteiger partial charge on any atom is 0.239 e. The summed E-state index contributed by atoms with van der Waals surface area (Å²) in [4.78, 5) is 14.2. The first-order valence-corrected chi connectivity index (χ1v) is 7.09. The summed E-state index contributed by atoms with van der Waals surface area (Å²) in [7, 11) is 1.93. The monoisotopic (exact) mass is 264 g/mol. The Morgan fingerprint density at radius 1 is 1.42 bits per heavy atom. The lowest BCUT2D eigenvalue weighted by atomic mass is 10.1. The van der Waals surface area contributed by atoms with E-state index in [0.29, 0.717) is 6.54 Å². The van der Waals surface area contributed by atoms with Crippen molar-refractivity contribution >= 4 is 5.91 Å². The Morgan fingerprint density at radius 2 is 2.11 bits per heavy atom. The fraction of sp³-hybridized carbons (Fsp3) is 0.714. The van der Waals surface area contributed by atoms with Gasteiger partial charge in [0.15, 0.2) is 0 Å². The molecule has 0 spiro atoms. The molecule has 1 atom stereocenters. The number of aryl methyl sites for hydroxylation is 2. The van der Waals surface area contributed by atoms with Crippen LogP contribution in [0.25, 0.3) is 0 Å². The van der Waals surface area contributed by atoms with Crippen LogP contribution in [0.1, 0.15) is 37.6 Å². The zero-order chi connectivity index (χ0) is 13.8. The van der Waals surface area contributed by atoms with Crippen molar-refractivity contribution in [3.63, 3.8) is 0 Å². The van der Waals surface area contributed by atoms with Crippen LogP contribution < -0.4 is 5.32 Å². The third-order valence-electron chi connectivity index (χ3n) is 3.73. The van der Waals surface area contributed by atoms with Crippen molar-refractivity contribution in [3.8, 4) is 0 Å². The molecule has 106 valence electrons. The topological polar surface area (TPSA) is 50.2 Å². The van der Waals surface area contributed by atoms with Crippen LogP contribution in [0.4, 0.5) is 0 Å². The molecule has 1 unspecified atom stereocenters. The fourth-order valence-corrected chi connectivity index (χ4v) is 2.56. The second kappa shape index (κ2) is 6.19. The number of piperidine rings is 1. The number of hydrogen-bond donors (Lipinski definition) is 1. The number of nitrogens with zero attached hydrogens (tertiary/aromatic N) is 3. The summed E-state index contributed by atoms with van der Waals surface area (Å²) in [6.45, 7) is 6.43. The van der Waals surface area contributed by atoms with Crippen LogP contribution in [-0.2, 0) is 18.4 Å². The van der Waals surface area contributed by atoms with E-state index in [9.17, 15) is 4.79 Å². The van der Waals surface area contributed by atoms with E-state index in [1.807, 2.05) is 36.5 Å². The van der Waals surface area contributed by atoms with E-state index < -0.39 is 0 Å². The predicted molar refractivity (Wildman–Crippen MR) is 74.7 cm³/mol. The van der Waals surface area contributed by atoms with E-state index in [4.69, 9.17) is 0 Å². The van der Waals surface area contributed by atoms with Crippen LogP contribution in [0.2, 0.25) is 0 Å². The number of nitrogens with one attached hydrogen (secondary N) is 1. The standard InChI is InChI=1S/C14H24N4O/c1-11-9-13(17(3)16-11)10-15-12(2)14(19)18-7-5-4-6-8-18/h9,12,15H,4-8,10H2,1-3H3. The largest absolute Gasteiger partial charge is 0.341 e. The van der Waals surface area contributed by atoms with E-state index in [0.717, 1.165) is 37.3 Å². The van der Waals surface area contributed by atoms with Crippen LogP contribution in [0.3, 0.4) is 0 Å². The van der Waals surface area contributed by atoms with E-state index in [1.165, 1.54) is 6.42 Å². The average Bonchev–Trinajstić information content (AvgIpc) is 2.74. The van der Waals surface area contributed by atoms with Crippen molar-refractivity contribution in [1.82, 2.24) is 20.0 Å². The first-order chi connectivity index (χ1) is 9.08. The highest BCUT2D eigenvalue weighted by molar-refractivity contribution is 5.81. The van der Waals surface area contributed by atoms with Crippen molar-refractivity contribution in [2.24, 2.45) is 7.05 Å². The molecule has 0 bridgehead atoms.